The fraction of sp³-hybridized carbons (Fsp3) is 0.381. The van der Waals surface area contributed by atoms with Crippen molar-refractivity contribution in [3.63, 3.8) is 0 Å². The van der Waals surface area contributed by atoms with E-state index in [2.05, 4.69) is 15.5 Å². The molecule has 11 nitrogen and oxygen atoms in total. The van der Waals surface area contributed by atoms with Gasteiger partial charge in [0.2, 0.25) is 0 Å². The molecule has 188 valence electrons. The Morgan fingerprint density at radius 2 is 1.89 bits per heavy atom. The number of aromatic nitrogens is 2. The van der Waals surface area contributed by atoms with E-state index in [9.17, 15) is 37.5 Å². The zero-order valence-corrected chi connectivity index (χ0v) is 18.0. The Hall–Kier alpha value is -3.94. The maximum absolute atomic E-state index is 13.3. The summed E-state index contributed by atoms with van der Waals surface area (Å²) in [7, 11) is 0. The number of halogens is 3. The summed E-state index contributed by atoms with van der Waals surface area (Å²) in [6.07, 6.45) is -7.38. The molecule has 5 N–H and O–H groups in total. The van der Waals surface area contributed by atoms with Gasteiger partial charge in [0.1, 0.15) is 5.69 Å². The van der Waals surface area contributed by atoms with Crippen LogP contribution in [0, 0.1) is 5.92 Å². The molecule has 1 aliphatic heterocycles. The normalized spacial score (nSPS) is 17.6. The third-order valence-corrected chi connectivity index (χ3v) is 5.58. The number of nitrogens with one attached hydrogen (secondary N) is 2. The van der Waals surface area contributed by atoms with Gasteiger partial charge in [-0.2, -0.15) is 18.3 Å². The molecule has 14 heteroatoms. The summed E-state index contributed by atoms with van der Waals surface area (Å²) in [5, 5.41) is 36.4. The summed E-state index contributed by atoms with van der Waals surface area (Å²) < 4.78 is 39.9. The molecule has 3 atom stereocenters. The Kier molecular flexibility index (Phi) is 7.43. The lowest BCUT2D eigenvalue weighted by molar-refractivity contribution is -0.148. The zero-order chi connectivity index (χ0) is 25.9. The van der Waals surface area contributed by atoms with Gasteiger partial charge in [-0.1, -0.05) is 18.2 Å². The molecule has 2 aromatic rings. The summed E-state index contributed by atoms with van der Waals surface area (Å²) in [5.41, 5.74) is -1.91. The number of aromatic amines is 1. The van der Waals surface area contributed by atoms with Crippen LogP contribution in [0.15, 0.2) is 30.3 Å². The molecule has 1 aromatic carbocycles. The number of carbonyl (C=O) groups excluding carboxylic acids is 2. The molecule has 0 aliphatic carbocycles. The Morgan fingerprint density at radius 3 is 2.49 bits per heavy atom. The van der Waals surface area contributed by atoms with Gasteiger partial charge in [0, 0.05) is 19.2 Å². The number of likely N-dealkylation sites (tertiary alicyclic amines) is 1. The Bertz CT molecular complexity index is 1130. The van der Waals surface area contributed by atoms with Crippen molar-refractivity contribution in [3.05, 3.63) is 52.8 Å². The number of hydrogen-bond donors (Lipinski definition) is 5. The number of alkyl halides is 3. The van der Waals surface area contributed by atoms with Crippen LogP contribution in [-0.2, 0) is 22.2 Å². The number of carbonyl (C=O) groups is 4. The highest BCUT2D eigenvalue weighted by molar-refractivity contribution is 5.98. The molecule has 1 fully saturated rings. The average Bonchev–Trinajstić information content (AvgIpc) is 3.47. The van der Waals surface area contributed by atoms with E-state index in [1.54, 1.807) is 0 Å². The molecular weight excluding hydrogens is 477 g/mol. The number of H-pyrrole nitrogens is 1. The zero-order valence-electron chi connectivity index (χ0n) is 18.0. The van der Waals surface area contributed by atoms with Crippen LogP contribution in [0.3, 0.4) is 0 Å². The number of aliphatic hydroxyl groups excluding tert-OH is 1. The number of aliphatic hydroxyl groups is 1. The monoisotopic (exact) mass is 498 g/mol. The summed E-state index contributed by atoms with van der Waals surface area (Å²) in [5.74, 6) is -5.18. The maximum atomic E-state index is 13.3. The lowest BCUT2D eigenvalue weighted by Gasteiger charge is -2.23. The van der Waals surface area contributed by atoms with E-state index in [0.29, 0.717) is 0 Å². The standard InChI is InChI=1S/C21H21F3N4O7/c22-21(23,24)12-4-2-1-3-10(12)7-13(16(29)20(34)35)25-17(30)14-8-15(27-26-14)18(31)28-6-5-11(9-28)19(32)33/h1-4,8,11,13,16,29H,5-7,9H2,(H,25,30)(H,26,27)(H,32,33)(H,34,35)/t11-,13+,16+/m0/s1. The Labute approximate surface area is 195 Å². The number of carboxylic acid groups (broad SMARTS) is 2. The molecule has 2 heterocycles. The first-order chi connectivity index (χ1) is 16.4. The summed E-state index contributed by atoms with van der Waals surface area (Å²) in [6, 6.07) is 3.72. The fourth-order valence-corrected chi connectivity index (χ4v) is 3.73. The van der Waals surface area contributed by atoms with Gasteiger partial charge in [-0.25, -0.2) is 4.79 Å². The molecule has 0 radical (unpaired) electrons. The molecule has 1 aliphatic rings. The third-order valence-electron chi connectivity index (χ3n) is 5.58. The van der Waals surface area contributed by atoms with Gasteiger partial charge in [-0.15, -0.1) is 0 Å². The maximum Gasteiger partial charge on any atom is 0.416 e. The number of rotatable bonds is 8. The van der Waals surface area contributed by atoms with Crippen LogP contribution in [0.4, 0.5) is 13.2 Å². The van der Waals surface area contributed by atoms with E-state index in [4.69, 9.17) is 10.2 Å². The van der Waals surface area contributed by atoms with Gasteiger partial charge < -0.3 is 25.5 Å². The predicted octanol–water partition coefficient (Wildman–Crippen LogP) is 0.762. The quantitative estimate of drug-likeness (QED) is 0.355. The Morgan fingerprint density at radius 1 is 1.20 bits per heavy atom. The number of aliphatic carboxylic acids is 2. The second kappa shape index (κ2) is 10.1. The van der Waals surface area contributed by atoms with Crippen LogP contribution in [0.5, 0.6) is 0 Å². The van der Waals surface area contributed by atoms with Crippen LogP contribution in [0.2, 0.25) is 0 Å². The van der Waals surface area contributed by atoms with Crippen LogP contribution >= 0.6 is 0 Å². The third kappa shape index (κ3) is 5.95. The molecule has 0 saturated carbocycles. The lowest BCUT2D eigenvalue weighted by Crippen LogP contribution is -2.48. The SMILES string of the molecule is O=C(N[C@H](Cc1ccccc1C(F)(F)F)[C@@H](O)C(=O)O)c1cc(C(=O)N2CC[C@H](C(=O)O)C2)[nH]n1. The summed E-state index contributed by atoms with van der Waals surface area (Å²) in [4.78, 5) is 48.8. The largest absolute Gasteiger partial charge is 0.481 e. The molecule has 3 rings (SSSR count). The summed E-state index contributed by atoms with van der Waals surface area (Å²) >= 11 is 0. The number of benzene rings is 1. The van der Waals surface area contributed by atoms with Crippen LogP contribution < -0.4 is 5.32 Å². The van der Waals surface area contributed by atoms with E-state index in [1.165, 1.54) is 11.0 Å². The number of amides is 2. The van der Waals surface area contributed by atoms with E-state index < -0.39 is 60.0 Å². The number of hydrogen-bond acceptors (Lipinski definition) is 6. The minimum Gasteiger partial charge on any atom is -0.481 e. The number of nitrogens with zero attached hydrogens (tertiary/aromatic N) is 2. The topological polar surface area (TPSA) is 173 Å². The summed E-state index contributed by atoms with van der Waals surface area (Å²) in [6.45, 7) is 0.155. The molecular formula is C21H21F3N4O7. The van der Waals surface area contributed by atoms with Crippen molar-refractivity contribution in [3.8, 4) is 0 Å². The van der Waals surface area contributed by atoms with Crippen molar-refractivity contribution >= 4 is 23.8 Å². The first-order valence-electron chi connectivity index (χ1n) is 10.3. The molecule has 1 saturated heterocycles. The minimum absolute atomic E-state index is 0.0276. The first kappa shape index (κ1) is 25.7. The van der Waals surface area contributed by atoms with Crippen molar-refractivity contribution in [2.45, 2.75) is 31.2 Å². The van der Waals surface area contributed by atoms with Gasteiger partial charge in [-0.05, 0) is 24.5 Å². The first-order valence-corrected chi connectivity index (χ1v) is 10.3. The van der Waals surface area contributed by atoms with Gasteiger partial charge in [0.25, 0.3) is 11.8 Å². The Balaban J connectivity index is 1.76. The second-order valence-corrected chi connectivity index (χ2v) is 7.96. The molecule has 35 heavy (non-hydrogen) atoms. The van der Waals surface area contributed by atoms with Crippen molar-refractivity contribution in [1.29, 1.82) is 0 Å². The average molecular weight is 498 g/mol. The number of carboxylic acids is 2. The molecule has 2 amide bonds. The van der Waals surface area contributed by atoms with Crippen LogP contribution in [0.25, 0.3) is 0 Å². The van der Waals surface area contributed by atoms with E-state index >= 15 is 0 Å². The van der Waals surface area contributed by atoms with E-state index in [1.807, 2.05) is 0 Å². The minimum atomic E-state index is -4.74. The van der Waals surface area contributed by atoms with Gasteiger partial charge in [0.05, 0.1) is 17.5 Å². The lowest BCUT2D eigenvalue weighted by atomic mass is 9.96. The molecule has 1 aromatic heterocycles. The van der Waals surface area contributed by atoms with Crippen molar-refractivity contribution < 1.29 is 47.7 Å². The van der Waals surface area contributed by atoms with Gasteiger partial charge in [-0.3, -0.25) is 19.5 Å². The van der Waals surface area contributed by atoms with Gasteiger partial charge in [0.15, 0.2) is 11.8 Å². The van der Waals surface area contributed by atoms with Crippen molar-refractivity contribution in [2.75, 3.05) is 13.1 Å². The smallest absolute Gasteiger partial charge is 0.416 e. The highest BCUT2D eigenvalue weighted by Gasteiger charge is 2.36. The van der Waals surface area contributed by atoms with E-state index in [-0.39, 0.29) is 36.5 Å². The predicted molar refractivity (Wildman–Crippen MR) is 110 cm³/mol. The van der Waals surface area contributed by atoms with Gasteiger partial charge >= 0.3 is 18.1 Å². The fourth-order valence-electron chi connectivity index (χ4n) is 3.73. The molecule has 0 bridgehead atoms. The molecule has 0 spiro atoms. The van der Waals surface area contributed by atoms with Crippen LogP contribution in [0.1, 0.15) is 38.5 Å². The van der Waals surface area contributed by atoms with E-state index in [0.717, 1.165) is 24.3 Å². The van der Waals surface area contributed by atoms with Crippen molar-refractivity contribution in [2.24, 2.45) is 5.92 Å². The van der Waals surface area contributed by atoms with Crippen LogP contribution in [-0.4, -0.2) is 79.4 Å². The highest BCUT2D eigenvalue weighted by atomic mass is 19.4. The second-order valence-electron chi connectivity index (χ2n) is 7.96. The van der Waals surface area contributed by atoms with Crippen molar-refractivity contribution in [1.82, 2.24) is 20.4 Å². The molecule has 0 unspecified atom stereocenters. The highest BCUT2D eigenvalue weighted by Crippen LogP contribution is 2.32.